The summed E-state index contributed by atoms with van der Waals surface area (Å²) in [5.41, 5.74) is 1.90. The van der Waals surface area contributed by atoms with E-state index < -0.39 is 11.4 Å². The van der Waals surface area contributed by atoms with Crippen LogP contribution in [0.3, 0.4) is 0 Å². The Morgan fingerprint density at radius 3 is 2.50 bits per heavy atom. The van der Waals surface area contributed by atoms with Gasteiger partial charge in [-0.1, -0.05) is 29.8 Å². The molecule has 1 saturated carbocycles. The first kappa shape index (κ1) is 11.2. The van der Waals surface area contributed by atoms with Gasteiger partial charge >= 0.3 is 5.97 Å². The molecule has 2 nitrogen and oxygen atoms in total. The van der Waals surface area contributed by atoms with Crippen molar-refractivity contribution < 1.29 is 9.90 Å². The van der Waals surface area contributed by atoms with Crippen LogP contribution in [0.5, 0.6) is 0 Å². The van der Waals surface area contributed by atoms with Crippen molar-refractivity contribution in [1.82, 2.24) is 0 Å². The molecule has 1 aliphatic rings. The Bertz CT molecular complexity index is 473. The summed E-state index contributed by atoms with van der Waals surface area (Å²) >= 11 is 6.00. The molecular weight excluding hydrogens is 224 g/mol. The first-order valence-corrected chi connectivity index (χ1v) is 5.54. The van der Waals surface area contributed by atoms with Gasteiger partial charge in [-0.05, 0) is 43.0 Å². The highest BCUT2D eigenvalue weighted by atomic mass is 35.5. The van der Waals surface area contributed by atoms with E-state index in [0.717, 1.165) is 16.7 Å². The highest BCUT2D eigenvalue weighted by molar-refractivity contribution is 6.30. The van der Waals surface area contributed by atoms with Crippen LogP contribution in [-0.2, 0) is 10.2 Å². The van der Waals surface area contributed by atoms with Gasteiger partial charge in [0, 0.05) is 5.02 Å². The van der Waals surface area contributed by atoms with Crippen molar-refractivity contribution in [3.05, 3.63) is 40.9 Å². The molecule has 0 atom stereocenters. The van der Waals surface area contributed by atoms with Crippen LogP contribution in [0.25, 0.3) is 5.57 Å². The largest absolute Gasteiger partial charge is 0.481 e. The maximum atomic E-state index is 11.2. The van der Waals surface area contributed by atoms with Crippen molar-refractivity contribution in [2.24, 2.45) is 0 Å². The van der Waals surface area contributed by atoms with Gasteiger partial charge in [-0.15, -0.1) is 0 Å². The average molecular weight is 237 g/mol. The Labute approximate surface area is 99.5 Å². The fourth-order valence-electron chi connectivity index (χ4n) is 1.86. The molecule has 2 rings (SSSR count). The molecule has 0 aromatic heterocycles. The quantitative estimate of drug-likeness (QED) is 0.872. The molecule has 0 heterocycles. The van der Waals surface area contributed by atoms with Crippen LogP contribution in [0.4, 0.5) is 0 Å². The normalized spacial score (nSPS) is 16.9. The smallest absolute Gasteiger partial charge is 0.314 e. The Hall–Kier alpha value is -1.28. The fraction of sp³-hybridized carbons (Fsp3) is 0.308. The van der Waals surface area contributed by atoms with Crippen molar-refractivity contribution in [2.45, 2.75) is 25.2 Å². The second kappa shape index (κ2) is 3.63. The third-order valence-corrected chi connectivity index (χ3v) is 3.32. The lowest BCUT2D eigenvalue weighted by Crippen LogP contribution is -2.19. The maximum Gasteiger partial charge on any atom is 0.314 e. The van der Waals surface area contributed by atoms with Gasteiger partial charge in [0.1, 0.15) is 0 Å². The molecule has 0 aliphatic heterocycles. The average Bonchev–Trinajstić information content (AvgIpc) is 2.97. The lowest BCUT2D eigenvalue weighted by atomic mass is 9.93. The predicted molar refractivity (Wildman–Crippen MR) is 64.7 cm³/mol. The van der Waals surface area contributed by atoms with E-state index in [-0.39, 0.29) is 0 Å². The lowest BCUT2D eigenvalue weighted by Gasteiger charge is -2.12. The number of benzene rings is 1. The molecule has 1 aromatic carbocycles. The zero-order valence-corrected chi connectivity index (χ0v) is 9.84. The van der Waals surface area contributed by atoms with Gasteiger partial charge in [-0.3, -0.25) is 4.79 Å². The van der Waals surface area contributed by atoms with E-state index in [1.54, 1.807) is 6.07 Å². The molecule has 1 aromatic rings. The molecule has 0 radical (unpaired) electrons. The van der Waals surface area contributed by atoms with E-state index in [4.69, 9.17) is 11.6 Å². The zero-order chi connectivity index (χ0) is 11.9. The van der Waals surface area contributed by atoms with Crippen LogP contribution in [-0.4, -0.2) is 11.1 Å². The SMILES string of the molecule is C=C(C)c1cc(Cl)cc(C2(C(=O)O)CC2)c1. The number of aliphatic carboxylic acids is 1. The molecule has 0 bridgehead atoms. The van der Waals surface area contributed by atoms with Crippen molar-refractivity contribution in [3.8, 4) is 0 Å². The standard InChI is InChI=1S/C13H13ClO2/c1-8(2)9-5-10(7-11(14)6-9)13(3-4-13)12(15)16/h5-7H,1,3-4H2,2H3,(H,15,16). The molecule has 0 amide bonds. The number of allylic oxidation sites excluding steroid dienone is 1. The van der Waals surface area contributed by atoms with Gasteiger partial charge in [-0.2, -0.15) is 0 Å². The minimum atomic E-state index is -0.762. The first-order chi connectivity index (χ1) is 7.45. The number of rotatable bonds is 3. The van der Waals surface area contributed by atoms with Crippen LogP contribution < -0.4 is 0 Å². The van der Waals surface area contributed by atoms with Crippen molar-refractivity contribution in [3.63, 3.8) is 0 Å². The van der Waals surface area contributed by atoms with E-state index in [1.165, 1.54) is 0 Å². The Kier molecular flexibility index (Phi) is 2.55. The number of carbonyl (C=O) groups is 1. The minimum absolute atomic E-state index is 0.572. The van der Waals surface area contributed by atoms with Crippen LogP contribution in [0.2, 0.25) is 5.02 Å². The molecule has 0 unspecified atom stereocenters. The van der Waals surface area contributed by atoms with Gasteiger partial charge in [-0.25, -0.2) is 0 Å². The van der Waals surface area contributed by atoms with E-state index in [1.807, 2.05) is 19.1 Å². The van der Waals surface area contributed by atoms with Crippen molar-refractivity contribution in [2.75, 3.05) is 0 Å². The second-order valence-corrected chi connectivity index (χ2v) is 4.83. The molecule has 84 valence electrons. The highest BCUT2D eigenvalue weighted by Crippen LogP contribution is 2.49. The molecule has 16 heavy (non-hydrogen) atoms. The van der Waals surface area contributed by atoms with Gasteiger partial charge in [0.05, 0.1) is 5.41 Å². The summed E-state index contributed by atoms with van der Waals surface area (Å²) in [5, 5.41) is 9.78. The Morgan fingerprint density at radius 2 is 2.06 bits per heavy atom. The van der Waals surface area contributed by atoms with Crippen molar-refractivity contribution in [1.29, 1.82) is 0 Å². The van der Waals surface area contributed by atoms with Crippen LogP contribution in [0.15, 0.2) is 24.8 Å². The molecule has 3 heteroatoms. The van der Waals surface area contributed by atoms with Crippen LogP contribution in [0, 0.1) is 0 Å². The molecule has 0 spiro atoms. The summed E-state index contributed by atoms with van der Waals surface area (Å²) in [7, 11) is 0. The minimum Gasteiger partial charge on any atom is -0.481 e. The third-order valence-electron chi connectivity index (χ3n) is 3.10. The Balaban J connectivity index is 2.50. The zero-order valence-electron chi connectivity index (χ0n) is 9.09. The van der Waals surface area contributed by atoms with Gasteiger partial charge < -0.3 is 5.11 Å². The number of carboxylic acid groups (broad SMARTS) is 1. The molecular formula is C13H13ClO2. The molecule has 1 N–H and O–H groups in total. The fourth-order valence-corrected chi connectivity index (χ4v) is 2.10. The van der Waals surface area contributed by atoms with Crippen LogP contribution >= 0.6 is 11.6 Å². The third kappa shape index (κ3) is 1.74. The number of halogens is 1. The number of hydrogen-bond acceptors (Lipinski definition) is 1. The van der Waals surface area contributed by atoms with Gasteiger partial charge in [0.25, 0.3) is 0 Å². The summed E-state index contributed by atoms with van der Waals surface area (Å²) < 4.78 is 0. The van der Waals surface area contributed by atoms with E-state index in [0.29, 0.717) is 17.9 Å². The lowest BCUT2D eigenvalue weighted by molar-refractivity contribution is -0.140. The number of carboxylic acids is 1. The van der Waals surface area contributed by atoms with E-state index in [2.05, 4.69) is 6.58 Å². The van der Waals surface area contributed by atoms with E-state index in [9.17, 15) is 9.90 Å². The maximum absolute atomic E-state index is 11.2. The van der Waals surface area contributed by atoms with Gasteiger partial charge in [0.15, 0.2) is 0 Å². The van der Waals surface area contributed by atoms with E-state index >= 15 is 0 Å². The van der Waals surface area contributed by atoms with Crippen molar-refractivity contribution >= 4 is 23.1 Å². The molecule has 1 aliphatic carbocycles. The predicted octanol–water partition coefficient (Wildman–Crippen LogP) is 3.49. The monoisotopic (exact) mass is 236 g/mol. The topological polar surface area (TPSA) is 37.3 Å². The molecule has 1 fully saturated rings. The molecule has 0 saturated heterocycles. The summed E-state index contributed by atoms with van der Waals surface area (Å²) in [5.74, 6) is -0.762. The summed E-state index contributed by atoms with van der Waals surface area (Å²) in [6, 6.07) is 5.44. The van der Waals surface area contributed by atoms with Gasteiger partial charge in [0.2, 0.25) is 0 Å². The summed E-state index contributed by atoms with van der Waals surface area (Å²) in [6.45, 7) is 5.73. The Morgan fingerprint density at radius 1 is 1.44 bits per heavy atom. The van der Waals surface area contributed by atoms with Crippen LogP contribution in [0.1, 0.15) is 30.9 Å². The first-order valence-electron chi connectivity index (χ1n) is 5.16. The summed E-state index contributed by atoms with van der Waals surface area (Å²) in [6.07, 6.45) is 1.39. The second-order valence-electron chi connectivity index (χ2n) is 4.40. The summed E-state index contributed by atoms with van der Waals surface area (Å²) in [4.78, 5) is 11.2. The number of hydrogen-bond donors (Lipinski definition) is 1. The highest BCUT2D eigenvalue weighted by Gasteiger charge is 2.51.